The third-order valence-corrected chi connectivity index (χ3v) is 5.86. The van der Waals surface area contributed by atoms with Gasteiger partial charge in [-0.3, -0.25) is 0 Å². The second-order valence-electron chi connectivity index (χ2n) is 7.78. The van der Waals surface area contributed by atoms with Crippen LogP contribution in [0.5, 0.6) is 23.0 Å². The van der Waals surface area contributed by atoms with Gasteiger partial charge in [-0.1, -0.05) is 29.8 Å². The Balaban J connectivity index is 1.65. The first-order valence-electron chi connectivity index (χ1n) is 10.2. The van der Waals surface area contributed by atoms with E-state index < -0.39 is 6.23 Å². The van der Waals surface area contributed by atoms with Gasteiger partial charge in [0.25, 0.3) is 0 Å². The highest BCUT2D eigenvalue weighted by Crippen LogP contribution is 2.49. The van der Waals surface area contributed by atoms with E-state index in [0.29, 0.717) is 12.2 Å². The lowest BCUT2D eigenvalue weighted by atomic mass is 9.95. The lowest BCUT2D eigenvalue weighted by molar-refractivity contribution is -0.0204. The molecule has 0 saturated carbocycles. The monoisotopic (exact) mass is 416 g/mol. The van der Waals surface area contributed by atoms with Crippen molar-refractivity contribution in [1.29, 1.82) is 0 Å². The third-order valence-electron chi connectivity index (χ3n) is 5.86. The molecule has 2 heterocycles. The molecule has 5 rings (SSSR count). The zero-order valence-electron chi connectivity index (χ0n) is 17.7. The van der Waals surface area contributed by atoms with Crippen LogP contribution in [0, 0.1) is 6.92 Å². The van der Waals surface area contributed by atoms with Crippen molar-refractivity contribution in [3.63, 3.8) is 0 Å². The first-order valence-corrected chi connectivity index (χ1v) is 10.2. The van der Waals surface area contributed by atoms with E-state index >= 15 is 0 Å². The summed E-state index contributed by atoms with van der Waals surface area (Å²) in [5.41, 5.74) is 4.57. The Labute approximate surface area is 181 Å². The Hall–Kier alpha value is -3.67. The number of rotatable bonds is 4. The van der Waals surface area contributed by atoms with Crippen molar-refractivity contribution in [2.45, 2.75) is 25.6 Å². The van der Waals surface area contributed by atoms with Gasteiger partial charge in [-0.25, -0.2) is 5.01 Å². The van der Waals surface area contributed by atoms with Crippen LogP contribution >= 0.6 is 0 Å². The fourth-order valence-corrected chi connectivity index (χ4v) is 4.32. The number of nitrogens with zero attached hydrogens (tertiary/aromatic N) is 2. The number of aryl methyl sites for hydroxylation is 1. The molecule has 3 aromatic carbocycles. The minimum Gasteiger partial charge on any atom is -0.507 e. The fraction of sp³-hybridized carbons (Fsp3) is 0.240. The normalized spacial score (nSPS) is 19.2. The number of aromatic hydroxyl groups is 1. The van der Waals surface area contributed by atoms with E-state index in [-0.39, 0.29) is 11.8 Å². The van der Waals surface area contributed by atoms with Gasteiger partial charge in [-0.2, -0.15) is 5.10 Å². The fourth-order valence-electron chi connectivity index (χ4n) is 4.32. The van der Waals surface area contributed by atoms with Gasteiger partial charge in [-0.05, 0) is 43.3 Å². The van der Waals surface area contributed by atoms with Crippen molar-refractivity contribution >= 4 is 5.71 Å². The standard InChI is InChI=1S/C25H24N2O4/c1-15-8-10-22(28)18(12-15)20-14-21-17-6-4-5-7-24(17)31-25(27(21)26-20)19-13-16(29-2)9-11-23(19)30-3/h4-13,21,25,28H,14H2,1-3H3/t21-,25-/m0/s1. The molecule has 6 heteroatoms. The zero-order valence-corrected chi connectivity index (χ0v) is 17.7. The van der Waals surface area contributed by atoms with E-state index in [1.165, 1.54) is 0 Å². The van der Waals surface area contributed by atoms with Gasteiger partial charge >= 0.3 is 0 Å². The van der Waals surface area contributed by atoms with Crippen molar-refractivity contribution in [3.8, 4) is 23.0 Å². The van der Waals surface area contributed by atoms with E-state index in [2.05, 4.69) is 6.07 Å². The highest BCUT2D eigenvalue weighted by atomic mass is 16.5. The zero-order chi connectivity index (χ0) is 21.5. The van der Waals surface area contributed by atoms with Crippen LogP contribution in [0.25, 0.3) is 0 Å². The quantitative estimate of drug-likeness (QED) is 0.651. The molecule has 0 fully saturated rings. The number of hydrogen-bond acceptors (Lipinski definition) is 6. The van der Waals surface area contributed by atoms with Crippen molar-refractivity contribution in [3.05, 3.63) is 82.9 Å². The molecule has 0 bridgehead atoms. The Bertz CT molecular complexity index is 1170. The summed E-state index contributed by atoms with van der Waals surface area (Å²) in [4.78, 5) is 0. The molecule has 0 amide bonds. The number of hydrogen-bond donors (Lipinski definition) is 1. The number of ether oxygens (including phenoxy) is 3. The van der Waals surface area contributed by atoms with E-state index in [4.69, 9.17) is 19.3 Å². The average Bonchev–Trinajstić information content (AvgIpc) is 3.25. The van der Waals surface area contributed by atoms with Gasteiger partial charge in [0, 0.05) is 17.5 Å². The second kappa shape index (κ2) is 7.54. The summed E-state index contributed by atoms with van der Waals surface area (Å²) in [5.74, 6) is 2.47. The minimum atomic E-state index is -0.491. The molecular formula is C25H24N2O4. The van der Waals surface area contributed by atoms with Crippen LogP contribution in [0.2, 0.25) is 0 Å². The largest absolute Gasteiger partial charge is 0.507 e. The molecule has 0 aromatic heterocycles. The van der Waals surface area contributed by atoms with Gasteiger partial charge in [-0.15, -0.1) is 0 Å². The number of para-hydroxylation sites is 1. The highest BCUT2D eigenvalue weighted by molar-refractivity contribution is 6.04. The summed E-state index contributed by atoms with van der Waals surface area (Å²) in [5, 5.41) is 17.4. The summed E-state index contributed by atoms with van der Waals surface area (Å²) in [6.45, 7) is 2.01. The van der Waals surface area contributed by atoms with Crippen LogP contribution < -0.4 is 14.2 Å². The van der Waals surface area contributed by atoms with Gasteiger partial charge < -0.3 is 19.3 Å². The SMILES string of the molecule is COc1ccc(OC)c([C@@H]2Oc3ccccc3[C@@H]3CC(c4cc(C)ccc4O)=NN32)c1. The highest BCUT2D eigenvalue weighted by Gasteiger charge is 2.42. The Morgan fingerprint density at radius 3 is 2.65 bits per heavy atom. The Morgan fingerprint density at radius 1 is 1.00 bits per heavy atom. The van der Waals surface area contributed by atoms with Crippen LogP contribution in [-0.2, 0) is 0 Å². The number of methoxy groups -OCH3 is 2. The number of hydrazone groups is 1. The molecule has 1 N–H and O–H groups in total. The first-order chi connectivity index (χ1) is 15.1. The van der Waals surface area contributed by atoms with Crippen LogP contribution in [0.4, 0.5) is 0 Å². The van der Waals surface area contributed by atoms with Crippen molar-refractivity contribution < 1.29 is 19.3 Å². The summed E-state index contributed by atoms with van der Waals surface area (Å²) in [6, 6.07) is 19.3. The molecular weight excluding hydrogens is 392 g/mol. The minimum absolute atomic E-state index is 0.0132. The maximum atomic E-state index is 10.5. The first kappa shape index (κ1) is 19.3. The predicted molar refractivity (Wildman–Crippen MR) is 118 cm³/mol. The summed E-state index contributed by atoms with van der Waals surface area (Å²) < 4.78 is 17.5. The average molecular weight is 416 g/mol. The number of benzene rings is 3. The van der Waals surface area contributed by atoms with Gasteiger partial charge in [0.2, 0.25) is 6.23 Å². The number of phenols is 1. The summed E-state index contributed by atoms with van der Waals surface area (Å²) in [7, 11) is 3.28. The third kappa shape index (κ3) is 3.24. The van der Waals surface area contributed by atoms with Crippen LogP contribution in [0.1, 0.15) is 40.9 Å². The van der Waals surface area contributed by atoms with Crippen LogP contribution in [0.15, 0.2) is 65.8 Å². The maximum Gasteiger partial charge on any atom is 0.217 e. The lowest BCUT2D eigenvalue weighted by Gasteiger charge is -2.38. The second-order valence-corrected chi connectivity index (χ2v) is 7.78. The molecule has 2 aliphatic rings. The summed E-state index contributed by atoms with van der Waals surface area (Å²) >= 11 is 0. The van der Waals surface area contributed by atoms with Gasteiger partial charge in [0.1, 0.15) is 23.0 Å². The molecule has 2 aliphatic heterocycles. The van der Waals surface area contributed by atoms with E-state index in [1.54, 1.807) is 20.3 Å². The molecule has 0 spiro atoms. The topological polar surface area (TPSA) is 63.5 Å². The molecule has 0 unspecified atom stereocenters. The van der Waals surface area contributed by atoms with E-state index in [9.17, 15) is 5.11 Å². The lowest BCUT2D eigenvalue weighted by Crippen LogP contribution is -2.33. The van der Waals surface area contributed by atoms with E-state index in [1.807, 2.05) is 60.5 Å². The number of phenolic OH excluding ortho intramolecular Hbond substituents is 1. The molecule has 6 nitrogen and oxygen atoms in total. The van der Waals surface area contributed by atoms with Crippen molar-refractivity contribution in [2.24, 2.45) is 5.10 Å². The molecule has 2 atom stereocenters. The Morgan fingerprint density at radius 2 is 1.84 bits per heavy atom. The Kier molecular flexibility index (Phi) is 4.70. The molecule has 3 aromatic rings. The molecule has 0 aliphatic carbocycles. The molecule has 31 heavy (non-hydrogen) atoms. The molecule has 0 saturated heterocycles. The van der Waals surface area contributed by atoms with Gasteiger partial charge in [0.05, 0.1) is 31.5 Å². The summed E-state index contributed by atoms with van der Waals surface area (Å²) in [6.07, 6.45) is 0.176. The molecule has 158 valence electrons. The van der Waals surface area contributed by atoms with Crippen molar-refractivity contribution in [2.75, 3.05) is 14.2 Å². The van der Waals surface area contributed by atoms with Crippen molar-refractivity contribution in [1.82, 2.24) is 5.01 Å². The van der Waals surface area contributed by atoms with Gasteiger partial charge in [0.15, 0.2) is 0 Å². The molecule has 0 radical (unpaired) electrons. The number of fused-ring (bicyclic) bond motifs is 3. The van der Waals surface area contributed by atoms with Crippen LogP contribution in [-0.4, -0.2) is 30.0 Å². The smallest absolute Gasteiger partial charge is 0.217 e. The van der Waals surface area contributed by atoms with Crippen LogP contribution in [0.3, 0.4) is 0 Å². The van der Waals surface area contributed by atoms with E-state index in [0.717, 1.165) is 39.5 Å². The predicted octanol–water partition coefficient (Wildman–Crippen LogP) is 4.96. The maximum absolute atomic E-state index is 10.5.